The minimum absolute atomic E-state index is 0.118. The number of allylic oxidation sites excluding steroid dienone is 3. The van der Waals surface area contributed by atoms with Gasteiger partial charge in [0.05, 0.1) is 5.38 Å². The highest BCUT2D eigenvalue weighted by Crippen LogP contribution is 2.53. The highest BCUT2D eigenvalue weighted by Gasteiger charge is 2.42. The summed E-state index contributed by atoms with van der Waals surface area (Å²) in [5.41, 5.74) is 2.85. The smallest absolute Gasteiger partial charge is 0.0590 e. The summed E-state index contributed by atoms with van der Waals surface area (Å²) >= 11 is 6.38. The number of halogens is 1. The molecule has 0 nitrogen and oxygen atoms in total. The first kappa shape index (κ1) is 9.23. The van der Waals surface area contributed by atoms with Crippen molar-refractivity contribution in [3.63, 3.8) is 0 Å². The third-order valence-corrected chi connectivity index (χ3v) is 4.08. The molecule has 0 fully saturated rings. The van der Waals surface area contributed by atoms with E-state index in [-0.39, 0.29) is 5.38 Å². The predicted octanol–water partition coefficient (Wildman–Crippen LogP) is 3.85. The van der Waals surface area contributed by atoms with Crippen molar-refractivity contribution in [2.45, 2.75) is 17.2 Å². The number of rotatable bonds is 1. The molecule has 2 aliphatic carbocycles. The van der Waals surface area contributed by atoms with Crippen LogP contribution in [0.1, 0.15) is 23.0 Å². The molecule has 1 aromatic rings. The van der Waals surface area contributed by atoms with E-state index in [1.165, 1.54) is 11.1 Å². The first-order valence-electron chi connectivity index (χ1n) is 5.36. The molecule has 0 saturated heterocycles. The fourth-order valence-electron chi connectivity index (χ4n) is 3.01. The molecule has 0 amide bonds. The first-order valence-corrected chi connectivity index (χ1v) is 5.80. The summed E-state index contributed by atoms with van der Waals surface area (Å²) in [4.78, 5) is 0. The average molecular weight is 217 g/mol. The van der Waals surface area contributed by atoms with Crippen molar-refractivity contribution in [3.05, 3.63) is 60.2 Å². The van der Waals surface area contributed by atoms with E-state index in [4.69, 9.17) is 11.6 Å². The molecule has 1 aromatic carbocycles. The SMILES string of the molecule is C=C[C@@H]1[C@H]2c3ccccc3[C@@H]1C=C[C@@H]2Cl. The minimum atomic E-state index is 0.118. The van der Waals surface area contributed by atoms with Gasteiger partial charge in [0.2, 0.25) is 0 Å². The number of fused-ring (bicyclic) bond motifs is 5. The molecule has 0 aliphatic heterocycles. The Labute approximate surface area is 95.3 Å². The van der Waals surface area contributed by atoms with E-state index in [2.05, 4.69) is 49.1 Å². The first-order chi connectivity index (χ1) is 7.33. The summed E-state index contributed by atoms with van der Waals surface area (Å²) in [6, 6.07) is 8.63. The summed E-state index contributed by atoms with van der Waals surface area (Å²) in [6.07, 6.45) is 6.44. The molecule has 0 radical (unpaired) electrons. The number of benzene rings is 1. The van der Waals surface area contributed by atoms with E-state index in [0.717, 1.165) is 0 Å². The van der Waals surface area contributed by atoms with Gasteiger partial charge in [-0.3, -0.25) is 0 Å². The predicted molar refractivity (Wildman–Crippen MR) is 64.4 cm³/mol. The second kappa shape index (κ2) is 3.24. The molecule has 1 heteroatoms. The van der Waals surface area contributed by atoms with Gasteiger partial charge in [0.25, 0.3) is 0 Å². The van der Waals surface area contributed by atoms with Crippen LogP contribution in [0.5, 0.6) is 0 Å². The Kier molecular flexibility index (Phi) is 2.00. The summed E-state index contributed by atoms with van der Waals surface area (Å²) < 4.78 is 0. The lowest BCUT2D eigenvalue weighted by molar-refractivity contribution is 0.503. The Hall–Kier alpha value is -1.01. The second-order valence-electron chi connectivity index (χ2n) is 4.32. The fourth-order valence-corrected chi connectivity index (χ4v) is 3.40. The second-order valence-corrected chi connectivity index (χ2v) is 4.83. The molecule has 3 rings (SSSR count). The summed E-state index contributed by atoms with van der Waals surface area (Å²) in [6.45, 7) is 3.95. The zero-order valence-electron chi connectivity index (χ0n) is 8.44. The van der Waals surface area contributed by atoms with Crippen LogP contribution < -0.4 is 0 Å². The highest BCUT2D eigenvalue weighted by molar-refractivity contribution is 6.22. The zero-order valence-corrected chi connectivity index (χ0v) is 9.19. The van der Waals surface area contributed by atoms with Gasteiger partial charge in [0, 0.05) is 11.8 Å². The number of hydrogen-bond acceptors (Lipinski definition) is 0. The topological polar surface area (TPSA) is 0 Å². The molecule has 0 saturated carbocycles. The maximum absolute atomic E-state index is 6.38. The number of alkyl halides is 1. The Bertz CT molecular complexity index is 433. The molecule has 76 valence electrons. The highest BCUT2D eigenvalue weighted by atomic mass is 35.5. The van der Waals surface area contributed by atoms with Gasteiger partial charge in [-0.2, -0.15) is 0 Å². The van der Waals surface area contributed by atoms with Crippen molar-refractivity contribution in [2.24, 2.45) is 5.92 Å². The van der Waals surface area contributed by atoms with Crippen molar-refractivity contribution in [2.75, 3.05) is 0 Å². The van der Waals surface area contributed by atoms with E-state index >= 15 is 0 Å². The van der Waals surface area contributed by atoms with E-state index < -0.39 is 0 Å². The van der Waals surface area contributed by atoms with Crippen molar-refractivity contribution in [3.8, 4) is 0 Å². The Morgan fingerprint density at radius 2 is 1.87 bits per heavy atom. The third-order valence-electron chi connectivity index (χ3n) is 3.66. The maximum Gasteiger partial charge on any atom is 0.0590 e. The summed E-state index contributed by atoms with van der Waals surface area (Å²) in [5, 5.41) is 0.118. The molecular weight excluding hydrogens is 204 g/mol. The van der Waals surface area contributed by atoms with Gasteiger partial charge in [-0.05, 0) is 17.0 Å². The molecule has 4 atom stereocenters. The molecule has 0 unspecified atom stereocenters. The van der Waals surface area contributed by atoms with Crippen LogP contribution in [0.2, 0.25) is 0 Å². The van der Waals surface area contributed by atoms with Crippen molar-refractivity contribution in [1.82, 2.24) is 0 Å². The molecule has 0 aromatic heterocycles. The lowest BCUT2D eigenvalue weighted by atomic mass is 9.81. The van der Waals surface area contributed by atoms with Crippen molar-refractivity contribution in [1.29, 1.82) is 0 Å². The van der Waals surface area contributed by atoms with E-state index in [1.54, 1.807) is 0 Å². The van der Waals surface area contributed by atoms with Crippen molar-refractivity contribution >= 4 is 11.6 Å². The largest absolute Gasteiger partial charge is 0.118 e. The maximum atomic E-state index is 6.38. The molecule has 2 bridgehead atoms. The summed E-state index contributed by atoms with van der Waals surface area (Å²) in [7, 11) is 0. The van der Waals surface area contributed by atoms with Crippen LogP contribution in [0.4, 0.5) is 0 Å². The van der Waals surface area contributed by atoms with E-state index in [0.29, 0.717) is 17.8 Å². The van der Waals surface area contributed by atoms with Crippen LogP contribution in [0, 0.1) is 5.92 Å². The van der Waals surface area contributed by atoms with Gasteiger partial charge < -0.3 is 0 Å². The quantitative estimate of drug-likeness (QED) is 0.494. The summed E-state index contributed by atoms with van der Waals surface area (Å²) in [5.74, 6) is 1.41. The standard InChI is InChI=1S/C14H13Cl/c1-2-9-11-7-8-13(15)14(9)12-6-4-3-5-10(11)12/h2-9,11,13-14H,1H2/t9-,11+,13-,14-/m0/s1. The van der Waals surface area contributed by atoms with Crippen LogP contribution in [0.25, 0.3) is 0 Å². The van der Waals surface area contributed by atoms with Crippen LogP contribution in [0.3, 0.4) is 0 Å². The molecular formula is C14H13Cl. The van der Waals surface area contributed by atoms with Gasteiger partial charge in [-0.1, -0.05) is 42.5 Å². The van der Waals surface area contributed by atoms with Crippen molar-refractivity contribution < 1.29 is 0 Å². The third kappa shape index (κ3) is 1.15. The Morgan fingerprint density at radius 1 is 1.13 bits per heavy atom. The van der Waals surface area contributed by atoms with Crippen LogP contribution in [0.15, 0.2) is 49.1 Å². The average Bonchev–Trinajstić information content (AvgIpc) is 2.52. The lowest BCUT2D eigenvalue weighted by Gasteiger charge is -2.27. The van der Waals surface area contributed by atoms with Crippen LogP contribution >= 0.6 is 11.6 Å². The Balaban J connectivity index is 2.21. The molecule has 0 N–H and O–H groups in total. The van der Waals surface area contributed by atoms with Gasteiger partial charge in [0.15, 0.2) is 0 Å². The monoisotopic (exact) mass is 216 g/mol. The van der Waals surface area contributed by atoms with Crippen LogP contribution in [-0.2, 0) is 0 Å². The van der Waals surface area contributed by atoms with Gasteiger partial charge in [-0.15, -0.1) is 18.2 Å². The normalized spacial score (nSPS) is 36.3. The van der Waals surface area contributed by atoms with Gasteiger partial charge in [0.1, 0.15) is 0 Å². The van der Waals surface area contributed by atoms with Gasteiger partial charge >= 0.3 is 0 Å². The Morgan fingerprint density at radius 3 is 2.60 bits per heavy atom. The molecule has 0 spiro atoms. The minimum Gasteiger partial charge on any atom is -0.118 e. The van der Waals surface area contributed by atoms with E-state index in [9.17, 15) is 0 Å². The molecule has 15 heavy (non-hydrogen) atoms. The van der Waals surface area contributed by atoms with Gasteiger partial charge in [-0.25, -0.2) is 0 Å². The number of hydrogen-bond donors (Lipinski definition) is 0. The lowest BCUT2D eigenvalue weighted by Crippen LogP contribution is -2.20. The zero-order chi connectivity index (χ0) is 10.4. The molecule has 2 aliphatic rings. The van der Waals surface area contributed by atoms with E-state index in [1.807, 2.05) is 0 Å². The van der Waals surface area contributed by atoms with Crippen LogP contribution in [-0.4, -0.2) is 5.38 Å². The fraction of sp³-hybridized carbons (Fsp3) is 0.286. The molecule has 0 heterocycles.